The molecule has 2 aromatic heterocycles. The van der Waals surface area contributed by atoms with Crippen molar-refractivity contribution < 1.29 is 4.42 Å². The largest absolute Gasteiger partial charge is 0.456 e. The van der Waals surface area contributed by atoms with E-state index in [1.54, 1.807) is 0 Å². The third kappa shape index (κ3) is 4.70. The first kappa shape index (κ1) is 27.9. The van der Waals surface area contributed by atoms with E-state index in [4.69, 9.17) is 4.42 Å². The van der Waals surface area contributed by atoms with Crippen LogP contribution in [0.2, 0.25) is 0 Å². The van der Waals surface area contributed by atoms with Crippen molar-refractivity contribution >= 4 is 81.3 Å². The van der Waals surface area contributed by atoms with Crippen LogP contribution in [0.4, 0.5) is 17.1 Å². The van der Waals surface area contributed by atoms with Gasteiger partial charge in [0, 0.05) is 48.0 Å². The van der Waals surface area contributed by atoms with Gasteiger partial charge in [0.1, 0.15) is 11.2 Å². The minimum absolute atomic E-state index is 0.926. The number of para-hydroxylation sites is 2. The second-order valence-corrected chi connectivity index (χ2v) is 13.6. The molecule has 0 saturated heterocycles. The van der Waals surface area contributed by atoms with Crippen molar-refractivity contribution in [1.82, 2.24) is 0 Å². The minimum Gasteiger partial charge on any atom is -0.456 e. The van der Waals surface area contributed by atoms with Crippen molar-refractivity contribution in [2.75, 3.05) is 4.90 Å². The fourth-order valence-electron chi connectivity index (χ4n) is 7.24. The minimum atomic E-state index is 0.926. The van der Waals surface area contributed by atoms with Gasteiger partial charge in [0.2, 0.25) is 0 Å². The zero-order valence-corrected chi connectivity index (χ0v) is 27.3. The predicted molar refractivity (Wildman–Crippen MR) is 210 cm³/mol. The van der Waals surface area contributed by atoms with Crippen LogP contribution >= 0.6 is 11.3 Å². The number of hydrogen-bond acceptors (Lipinski definition) is 3. The monoisotopic (exact) mass is 643 g/mol. The molecule has 0 atom stereocenters. The molecule has 0 aliphatic heterocycles. The van der Waals surface area contributed by atoms with Crippen molar-refractivity contribution in [3.63, 3.8) is 0 Å². The van der Waals surface area contributed by atoms with Crippen molar-refractivity contribution in [3.05, 3.63) is 176 Å². The maximum Gasteiger partial charge on any atom is 0.136 e. The number of benzene rings is 8. The van der Waals surface area contributed by atoms with E-state index in [9.17, 15) is 0 Å². The average molecular weight is 644 g/mol. The Bertz CT molecular complexity index is 2810. The highest BCUT2D eigenvalue weighted by atomic mass is 32.1. The summed E-state index contributed by atoms with van der Waals surface area (Å²) in [4.78, 5) is 2.33. The number of hydrogen-bond donors (Lipinski definition) is 0. The summed E-state index contributed by atoms with van der Waals surface area (Å²) in [7, 11) is 0. The van der Waals surface area contributed by atoms with E-state index in [2.05, 4.69) is 169 Å². The first-order valence-electron chi connectivity index (χ1n) is 16.6. The third-order valence-electron chi connectivity index (χ3n) is 9.65. The topological polar surface area (TPSA) is 16.4 Å². The summed E-state index contributed by atoms with van der Waals surface area (Å²) in [5, 5.41) is 7.34. The molecule has 0 aliphatic rings. The molecule has 0 unspecified atom stereocenters. The highest BCUT2D eigenvalue weighted by Gasteiger charge is 2.15. The highest BCUT2D eigenvalue weighted by molar-refractivity contribution is 7.26. The molecule has 8 aromatic carbocycles. The molecule has 0 fully saturated rings. The third-order valence-corrected chi connectivity index (χ3v) is 10.9. The number of rotatable bonds is 5. The second-order valence-electron chi connectivity index (χ2n) is 12.6. The molecule has 0 aliphatic carbocycles. The van der Waals surface area contributed by atoms with Gasteiger partial charge in [-0.25, -0.2) is 0 Å². The lowest BCUT2D eigenvalue weighted by molar-refractivity contribution is 0.669. The molecule has 0 N–H and O–H groups in total. The molecule has 230 valence electrons. The van der Waals surface area contributed by atoms with Crippen LogP contribution in [0.25, 0.3) is 75.1 Å². The van der Waals surface area contributed by atoms with Crippen LogP contribution in [0.15, 0.2) is 180 Å². The molecule has 10 rings (SSSR count). The Morgan fingerprint density at radius 3 is 1.86 bits per heavy atom. The Balaban J connectivity index is 1.01. The van der Waals surface area contributed by atoms with Crippen LogP contribution in [0.3, 0.4) is 0 Å². The van der Waals surface area contributed by atoms with Gasteiger partial charge in [-0.05, 0) is 99.8 Å². The highest BCUT2D eigenvalue weighted by Crippen LogP contribution is 2.42. The first-order chi connectivity index (χ1) is 24.3. The van der Waals surface area contributed by atoms with E-state index in [-0.39, 0.29) is 0 Å². The van der Waals surface area contributed by atoms with Crippen LogP contribution in [-0.2, 0) is 0 Å². The quantitative estimate of drug-likeness (QED) is 0.186. The van der Waals surface area contributed by atoms with E-state index < -0.39 is 0 Å². The lowest BCUT2D eigenvalue weighted by Crippen LogP contribution is -2.09. The van der Waals surface area contributed by atoms with Crippen LogP contribution in [0, 0.1) is 0 Å². The smallest absolute Gasteiger partial charge is 0.136 e. The summed E-state index contributed by atoms with van der Waals surface area (Å²) in [5.74, 6) is 0. The fourth-order valence-corrected chi connectivity index (χ4v) is 8.48. The first-order valence-corrected chi connectivity index (χ1v) is 17.4. The predicted octanol–water partition coefficient (Wildman–Crippen LogP) is 13.9. The van der Waals surface area contributed by atoms with Gasteiger partial charge in [-0.3, -0.25) is 0 Å². The van der Waals surface area contributed by atoms with E-state index in [0.29, 0.717) is 0 Å². The number of fused-ring (bicyclic) bond motifs is 7. The van der Waals surface area contributed by atoms with Gasteiger partial charge in [-0.15, -0.1) is 11.3 Å². The number of furan rings is 1. The Hall–Kier alpha value is -6.16. The number of anilines is 3. The zero-order valence-electron chi connectivity index (χ0n) is 26.5. The van der Waals surface area contributed by atoms with Crippen LogP contribution in [-0.4, -0.2) is 0 Å². The van der Waals surface area contributed by atoms with Crippen molar-refractivity contribution in [3.8, 4) is 22.3 Å². The Labute approximate surface area is 287 Å². The second kappa shape index (κ2) is 11.2. The summed E-state index contributed by atoms with van der Waals surface area (Å²) in [5.41, 5.74) is 10.1. The summed E-state index contributed by atoms with van der Waals surface area (Å²) >= 11 is 1.87. The van der Waals surface area contributed by atoms with Gasteiger partial charge in [-0.1, -0.05) is 109 Å². The van der Waals surface area contributed by atoms with Crippen LogP contribution < -0.4 is 4.90 Å². The van der Waals surface area contributed by atoms with Crippen molar-refractivity contribution in [1.29, 1.82) is 0 Å². The van der Waals surface area contributed by atoms with E-state index in [1.165, 1.54) is 53.2 Å². The lowest BCUT2D eigenvalue weighted by Gasteiger charge is -2.26. The maximum atomic E-state index is 6.14. The standard InChI is InChI=1S/C46H29NOS/c1-2-9-35(10-3-1)47(37-25-21-31(22-26-37)38-13-8-14-41-40-12-5-7-16-45(40)49-46(38)41)36-23-19-30(20-24-36)32-17-18-33-29-44-42(28-34(33)27-32)39-11-4-6-15-43(39)48-44/h1-29H. The molecule has 10 aromatic rings. The molecule has 49 heavy (non-hydrogen) atoms. The van der Waals surface area contributed by atoms with E-state index in [1.807, 2.05) is 23.5 Å². The summed E-state index contributed by atoms with van der Waals surface area (Å²) in [6.07, 6.45) is 0. The van der Waals surface area contributed by atoms with E-state index >= 15 is 0 Å². The Morgan fingerprint density at radius 2 is 1.04 bits per heavy atom. The van der Waals surface area contributed by atoms with Gasteiger partial charge in [-0.2, -0.15) is 0 Å². The summed E-state index contributed by atoms with van der Waals surface area (Å²) in [6, 6.07) is 63.2. The molecule has 2 nitrogen and oxygen atoms in total. The maximum absolute atomic E-state index is 6.14. The molecular weight excluding hydrogens is 615 g/mol. The molecule has 0 saturated carbocycles. The molecule has 2 heterocycles. The molecule has 0 radical (unpaired) electrons. The van der Waals surface area contributed by atoms with Gasteiger partial charge >= 0.3 is 0 Å². The van der Waals surface area contributed by atoms with Crippen molar-refractivity contribution in [2.24, 2.45) is 0 Å². The Morgan fingerprint density at radius 1 is 0.388 bits per heavy atom. The van der Waals surface area contributed by atoms with Gasteiger partial charge in [0.05, 0.1) is 0 Å². The molecule has 0 amide bonds. The SMILES string of the molecule is c1ccc(N(c2ccc(-c3ccc4cc5oc6ccccc6c5cc4c3)cc2)c2ccc(-c3cccc4c3sc3ccccc34)cc2)cc1. The van der Waals surface area contributed by atoms with E-state index in [0.717, 1.165) is 39.0 Å². The van der Waals surface area contributed by atoms with Gasteiger partial charge in [0.15, 0.2) is 0 Å². The average Bonchev–Trinajstić information content (AvgIpc) is 3.73. The zero-order chi connectivity index (χ0) is 32.3. The van der Waals surface area contributed by atoms with Gasteiger partial charge < -0.3 is 9.32 Å². The fraction of sp³-hybridized carbons (Fsp3) is 0. The normalized spacial score (nSPS) is 11.7. The summed E-state index contributed by atoms with van der Waals surface area (Å²) in [6.45, 7) is 0. The molecular formula is C46H29NOS. The number of thiophene rings is 1. The van der Waals surface area contributed by atoms with Crippen molar-refractivity contribution in [2.45, 2.75) is 0 Å². The summed E-state index contributed by atoms with van der Waals surface area (Å²) < 4.78 is 8.80. The Kier molecular flexibility index (Phi) is 6.39. The lowest BCUT2D eigenvalue weighted by atomic mass is 9.99. The van der Waals surface area contributed by atoms with Crippen LogP contribution in [0.1, 0.15) is 0 Å². The molecule has 3 heteroatoms. The molecule has 0 spiro atoms. The van der Waals surface area contributed by atoms with Crippen LogP contribution in [0.5, 0.6) is 0 Å². The molecule has 0 bridgehead atoms. The van der Waals surface area contributed by atoms with Gasteiger partial charge in [0.25, 0.3) is 0 Å². The number of nitrogens with zero attached hydrogens (tertiary/aromatic N) is 1.